The molecule has 1 atom stereocenters. The molecule has 1 fully saturated rings. The molecule has 1 aromatic heterocycles. The fourth-order valence-corrected chi connectivity index (χ4v) is 4.25. The van der Waals surface area contributed by atoms with Crippen molar-refractivity contribution in [3.8, 4) is 11.5 Å². The highest BCUT2D eigenvalue weighted by Crippen LogP contribution is 2.41. The van der Waals surface area contributed by atoms with Gasteiger partial charge in [0.05, 0.1) is 18.8 Å². The van der Waals surface area contributed by atoms with Crippen LogP contribution in [-0.4, -0.2) is 28.3 Å². The molecule has 7 nitrogen and oxygen atoms in total. The van der Waals surface area contributed by atoms with Crippen LogP contribution in [0.3, 0.4) is 0 Å². The highest BCUT2D eigenvalue weighted by molar-refractivity contribution is 6.31. The number of aryl methyl sites for hydroxylation is 2. The maximum Gasteiger partial charge on any atom is 0.281 e. The number of amidine groups is 1. The molecule has 0 bridgehead atoms. The monoisotopic (exact) mass is 464 g/mol. The Kier molecular flexibility index (Phi) is 5.91. The Labute approximate surface area is 197 Å². The van der Waals surface area contributed by atoms with Gasteiger partial charge < -0.3 is 4.74 Å². The zero-order valence-corrected chi connectivity index (χ0v) is 19.3. The van der Waals surface area contributed by atoms with Crippen molar-refractivity contribution in [1.82, 2.24) is 15.3 Å². The van der Waals surface area contributed by atoms with Crippen LogP contribution in [0, 0.1) is 6.92 Å². The van der Waals surface area contributed by atoms with E-state index in [-0.39, 0.29) is 17.2 Å². The van der Waals surface area contributed by atoms with Crippen LogP contribution in [0.25, 0.3) is 0 Å². The smallest absolute Gasteiger partial charge is 0.281 e. The SMILES string of the molecule is Cc1ccc(CC2CONC(c3c(Oc4cccc(C5CC5)c4)cnn(C)c3=O)=N2)c(Cl)c1. The van der Waals surface area contributed by atoms with Gasteiger partial charge in [0.25, 0.3) is 5.56 Å². The van der Waals surface area contributed by atoms with E-state index in [2.05, 4.69) is 16.6 Å². The Balaban J connectivity index is 1.46. The summed E-state index contributed by atoms with van der Waals surface area (Å²) in [7, 11) is 1.59. The van der Waals surface area contributed by atoms with Gasteiger partial charge in [0.1, 0.15) is 11.3 Å². The van der Waals surface area contributed by atoms with E-state index in [0.29, 0.717) is 41.3 Å². The van der Waals surface area contributed by atoms with Crippen molar-refractivity contribution in [2.45, 2.75) is 38.1 Å². The molecule has 0 amide bonds. The van der Waals surface area contributed by atoms with E-state index in [1.165, 1.54) is 29.3 Å². The highest BCUT2D eigenvalue weighted by Gasteiger charge is 2.26. The molecule has 170 valence electrons. The molecule has 3 aromatic rings. The van der Waals surface area contributed by atoms with Crippen molar-refractivity contribution in [3.63, 3.8) is 0 Å². The second-order valence-electron chi connectivity index (χ2n) is 8.60. The zero-order chi connectivity index (χ0) is 22.9. The molecule has 1 aliphatic carbocycles. The molecular formula is C25H25ClN4O3. The van der Waals surface area contributed by atoms with Gasteiger partial charge in [-0.15, -0.1) is 0 Å². The molecule has 2 aliphatic rings. The number of hydroxylamine groups is 1. The van der Waals surface area contributed by atoms with Crippen LogP contribution in [0.4, 0.5) is 0 Å². The van der Waals surface area contributed by atoms with Gasteiger partial charge in [0.15, 0.2) is 11.6 Å². The number of nitrogens with zero attached hydrogens (tertiary/aromatic N) is 3. The number of benzene rings is 2. The number of aliphatic imine (C=N–C) groups is 1. The van der Waals surface area contributed by atoms with Crippen LogP contribution in [0.2, 0.25) is 5.02 Å². The maximum absolute atomic E-state index is 13.0. The van der Waals surface area contributed by atoms with Crippen molar-refractivity contribution in [2.24, 2.45) is 12.0 Å². The van der Waals surface area contributed by atoms with Crippen LogP contribution in [0.5, 0.6) is 11.5 Å². The molecule has 33 heavy (non-hydrogen) atoms. The first-order chi connectivity index (χ1) is 16.0. The second kappa shape index (κ2) is 9.00. The van der Waals surface area contributed by atoms with Crippen LogP contribution < -0.4 is 15.8 Å². The molecule has 5 rings (SSSR count). The minimum absolute atomic E-state index is 0.203. The second-order valence-corrected chi connectivity index (χ2v) is 9.01. The molecule has 8 heteroatoms. The summed E-state index contributed by atoms with van der Waals surface area (Å²) in [6.45, 7) is 2.36. The minimum atomic E-state index is -0.324. The number of halogens is 1. The highest BCUT2D eigenvalue weighted by atomic mass is 35.5. The van der Waals surface area contributed by atoms with Gasteiger partial charge in [-0.1, -0.05) is 35.9 Å². The first kappa shape index (κ1) is 21.7. The van der Waals surface area contributed by atoms with Gasteiger partial charge in [-0.05, 0) is 67.0 Å². The Bertz CT molecular complexity index is 1280. The van der Waals surface area contributed by atoms with Crippen LogP contribution in [-0.2, 0) is 18.3 Å². The van der Waals surface area contributed by atoms with Gasteiger partial charge in [-0.3, -0.25) is 14.6 Å². The number of aromatic nitrogens is 2. The third-order valence-electron chi connectivity index (χ3n) is 5.89. The number of ether oxygens (including phenoxy) is 1. The number of rotatable bonds is 6. The van der Waals surface area contributed by atoms with Gasteiger partial charge in [0, 0.05) is 12.1 Å². The van der Waals surface area contributed by atoms with Crippen LogP contribution in [0.15, 0.2) is 58.4 Å². The predicted octanol–water partition coefficient (Wildman–Crippen LogP) is 4.30. The molecule has 0 saturated heterocycles. The summed E-state index contributed by atoms with van der Waals surface area (Å²) in [5.41, 5.74) is 6.09. The number of hydrogen-bond donors (Lipinski definition) is 1. The fourth-order valence-electron chi connectivity index (χ4n) is 3.94. The minimum Gasteiger partial charge on any atom is -0.455 e. The van der Waals surface area contributed by atoms with Crippen LogP contribution >= 0.6 is 11.6 Å². The Morgan fingerprint density at radius 2 is 2.09 bits per heavy atom. The third-order valence-corrected chi connectivity index (χ3v) is 6.25. The fraction of sp³-hybridized carbons (Fsp3) is 0.320. The Morgan fingerprint density at radius 1 is 1.24 bits per heavy atom. The maximum atomic E-state index is 13.0. The standard InChI is InChI=1S/C25H25ClN4O3/c1-15-6-7-18(21(26)10-15)11-19-14-32-29-24(28-19)23-22(13-27-30(2)25(23)31)33-20-5-3-4-17(12-20)16-8-9-16/h3-7,10,12-13,16,19H,8-9,11,14H2,1-2H3,(H,28,29). The largest absolute Gasteiger partial charge is 0.455 e. The lowest BCUT2D eigenvalue weighted by Crippen LogP contribution is -2.40. The summed E-state index contributed by atoms with van der Waals surface area (Å²) in [5.74, 6) is 1.92. The summed E-state index contributed by atoms with van der Waals surface area (Å²) in [5, 5.41) is 4.84. The molecule has 1 unspecified atom stereocenters. The van der Waals surface area contributed by atoms with E-state index in [4.69, 9.17) is 26.2 Å². The molecule has 2 aromatic carbocycles. The van der Waals surface area contributed by atoms with Gasteiger partial charge >= 0.3 is 0 Å². The van der Waals surface area contributed by atoms with E-state index in [9.17, 15) is 4.79 Å². The van der Waals surface area contributed by atoms with E-state index in [1.807, 2.05) is 43.3 Å². The van der Waals surface area contributed by atoms with Crippen molar-refractivity contribution in [3.05, 3.63) is 86.3 Å². The molecule has 1 N–H and O–H groups in total. The van der Waals surface area contributed by atoms with Crippen molar-refractivity contribution in [2.75, 3.05) is 6.61 Å². The Morgan fingerprint density at radius 3 is 2.88 bits per heavy atom. The summed E-state index contributed by atoms with van der Waals surface area (Å²) in [4.78, 5) is 23.4. The first-order valence-electron chi connectivity index (χ1n) is 11.0. The predicted molar refractivity (Wildman–Crippen MR) is 127 cm³/mol. The summed E-state index contributed by atoms with van der Waals surface area (Å²) >= 11 is 6.42. The van der Waals surface area contributed by atoms with Crippen LogP contribution in [0.1, 0.15) is 41.0 Å². The lowest BCUT2D eigenvalue weighted by atomic mass is 10.0. The molecular weight excluding hydrogens is 440 g/mol. The van der Waals surface area contributed by atoms with E-state index in [0.717, 1.165) is 11.1 Å². The van der Waals surface area contributed by atoms with E-state index >= 15 is 0 Å². The third kappa shape index (κ3) is 4.79. The summed E-state index contributed by atoms with van der Waals surface area (Å²) < 4.78 is 7.39. The van der Waals surface area contributed by atoms with E-state index in [1.54, 1.807) is 7.05 Å². The van der Waals surface area contributed by atoms with Crippen molar-refractivity contribution in [1.29, 1.82) is 0 Å². The van der Waals surface area contributed by atoms with Crippen molar-refractivity contribution < 1.29 is 9.57 Å². The van der Waals surface area contributed by atoms with Gasteiger partial charge in [0.2, 0.25) is 0 Å². The quantitative estimate of drug-likeness (QED) is 0.588. The zero-order valence-electron chi connectivity index (χ0n) is 18.5. The molecule has 1 saturated carbocycles. The lowest BCUT2D eigenvalue weighted by molar-refractivity contribution is 0.0622. The first-order valence-corrected chi connectivity index (χ1v) is 11.4. The summed E-state index contributed by atoms with van der Waals surface area (Å²) in [6, 6.07) is 13.7. The summed E-state index contributed by atoms with van der Waals surface area (Å²) in [6.07, 6.45) is 4.53. The Hall–Kier alpha value is -3.16. The van der Waals surface area contributed by atoms with E-state index < -0.39 is 0 Å². The number of hydrogen-bond acceptors (Lipinski definition) is 6. The molecule has 1 aliphatic heterocycles. The molecule has 0 spiro atoms. The molecule has 0 radical (unpaired) electrons. The lowest BCUT2D eigenvalue weighted by Gasteiger charge is -2.23. The topological polar surface area (TPSA) is 77.7 Å². The average molecular weight is 465 g/mol. The average Bonchev–Trinajstić information content (AvgIpc) is 3.65. The van der Waals surface area contributed by atoms with Gasteiger partial charge in [-0.2, -0.15) is 5.10 Å². The normalized spacial score (nSPS) is 17.9. The number of nitrogens with one attached hydrogen (secondary N) is 1. The van der Waals surface area contributed by atoms with Gasteiger partial charge in [-0.25, -0.2) is 10.2 Å². The van der Waals surface area contributed by atoms with Crippen molar-refractivity contribution >= 4 is 17.4 Å². The molecule has 2 heterocycles.